The summed E-state index contributed by atoms with van der Waals surface area (Å²) in [5.74, 6) is -0.0821. The van der Waals surface area contributed by atoms with Crippen molar-refractivity contribution in [3.63, 3.8) is 0 Å². The van der Waals surface area contributed by atoms with Crippen molar-refractivity contribution in [1.82, 2.24) is 4.98 Å². The normalized spacial score (nSPS) is 15.2. The van der Waals surface area contributed by atoms with Crippen LogP contribution >= 0.6 is 11.3 Å². The monoisotopic (exact) mass is 315 g/mol. The highest BCUT2D eigenvalue weighted by Gasteiger charge is 2.13. The number of aromatic nitrogens is 1. The van der Waals surface area contributed by atoms with E-state index in [0.717, 1.165) is 17.7 Å². The van der Waals surface area contributed by atoms with Crippen LogP contribution in [0, 0.1) is 0 Å². The molecule has 1 aliphatic carbocycles. The smallest absolute Gasteiger partial charge is 0.227 e. The Morgan fingerprint density at radius 2 is 2.14 bits per heavy atom. The molecule has 0 spiro atoms. The third-order valence-electron chi connectivity index (χ3n) is 3.90. The van der Waals surface area contributed by atoms with Crippen molar-refractivity contribution in [3.8, 4) is 11.3 Å². The van der Waals surface area contributed by atoms with Crippen molar-refractivity contribution >= 4 is 22.4 Å². The number of nitrogens with two attached hydrogens (primary N) is 1. The van der Waals surface area contributed by atoms with E-state index in [1.807, 2.05) is 12.3 Å². The first-order chi connectivity index (χ1) is 10.6. The topological polar surface area (TPSA) is 68.0 Å². The maximum atomic E-state index is 11.7. The Kier molecular flexibility index (Phi) is 4.55. The summed E-state index contributed by atoms with van der Waals surface area (Å²) < 4.78 is 0. The van der Waals surface area contributed by atoms with Gasteiger partial charge < -0.3 is 11.1 Å². The predicted molar refractivity (Wildman–Crippen MR) is 91.1 cm³/mol. The quantitative estimate of drug-likeness (QED) is 0.909. The van der Waals surface area contributed by atoms with Crippen LogP contribution < -0.4 is 11.1 Å². The minimum atomic E-state index is -0.139. The van der Waals surface area contributed by atoms with Crippen LogP contribution in [0.15, 0.2) is 23.6 Å². The number of thiazole rings is 1. The third kappa shape index (κ3) is 3.54. The van der Waals surface area contributed by atoms with E-state index in [-0.39, 0.29) is 11.9 Å². The van der Waals surface area contributed by atoms with Crippen molar-refractivity contribution in [2.24, 2.45) is 5.73 Å². The molecule has 1 unspecified atom stereocenters. The molecule has 0 bridgehead atoms. The van der Waals surface area contributed by atoms with Crippen molar-refractivity contribution in [2.75, 3.05) is 5.32 Å². The number of anilines is 1. The number of carbonyl (C=O) groups is 1. The Morgan fingerprint density at radius 3 is 2.91 bits per heavy atom. The number of benzene rings is 1. The summed E-state index contributed by atoms with van der Waals surface area (Å²) in [6.45, 7) is 1.82. The minimum absolute atomic E-state index is 0.0821. The molecule has 1 atom stereocenters. The maximum absolute atomic E-state index is 11.7. The van der Waals surface area contributed by atoms with Crippen molar-refractivity contribution in [3.05, 3.63) is 34.7 Å². The average Bonchev–Trinajstić information content (AvgIpc) is 2.94. The molecule has 22 heavy (non-hydrogen) atoms. The summed E-state index contributed by atoms with van der Waals surface area (Å²) in [6, 6.07) is 6.46. The molecular formula is C17H21N3OS. The summed E-state index contributed by atoms with van der Waals surface area (Å²) in [4.78, 5) is 16.3. The standard InChI is InChI=1S/C17H21N3OS/c1-11(18)8-16(21)20-17-19-15(10-22-17)14-7-6-12-4-2-3-5-13(12)9-14/h6-7,9-11H,2-5,8,18H2,1H3,(H,19,20,21). The molecule has 1 aliphatic rings. The van der Waals surface area contributed by atoms with Crippen LogP contribution in [0.1, 0.15) is 37.3 Å². The van der Waals surface area contributed by atoms with Gasteiger partial charge in [0.15, 0.2) is 5.13 Å². The minimum Gasteiger partial charge on any atom is -0.327 e. The van der Waals surface area contributed by atoms with Gasteiger partial charge in [0.2, 0.25) is 5.91 Å². The van der Waals surface area contributed by atoms with Gasteiger partial charge >= 0.3 is 0 Å². The maximum Gasteiger partial charge on any atom is 0.227 e. The van der Waals surface area contributed by atoms with E-state index in [4.69, 9.17) is 5.73 Å². The largest absolute Gasteiger partial charge is 0.327 e. The van der Waals surface area contributed by atoms with Crippen LogP contribution in [0.25, 0.3) is 11.3 Å². The number of rotatable bonds is 4. The first-order valence-corrected chi connectivity index (χ1v) is 8.63. The molecule has 3 N–H and O–H groups in total. The Balaban J connectivity index is 1.75. The van der Waals surface area contributed by atoms with Gasteiger partial charge in [-0.25, -0.2) is 4.98 Å². The van der Waals surface area contributed by atoms with Crippen molar-refractivity contribution < 1.29 is 4.79 Å². The number of aryl methyl sites for hydroxylation is 2. The van der Waals surface area contributed by atoms with Gasteiger partial charge in [0.1, 0.15) is 0 Å². The van der Waals surface area contributed by atoms with Crippen LogP contribution in [0.5, 0.6) is 0 Å². The van der Waals surface area contributed by atoms with E-state index in [2.05, 4.69) is 28.5 Å². The number of carbonyl (C=O) groups excluding carboxylic acids is 1. The van der Waals surface area contributed by atoms with Gasteiger partial charge in [0, 0.05) is 23.4 Å². The summed E-state index contributed by atoms with van der Waals surface area (Å²) in [5.41, 5.74) is 10.6. The predicted octanol–water partition coefficient (Wildman–Crippen LogP) is 3.36. The van der Waals surface area contributed by atoms with E-state index in [1.54, 1.807) is 0 Å². The average molecular weight is 315 g/mol. The number of nitrogens with zero attached hydrogens (tertiary/aromatic N) is 1. The number of hydrogen-bond donors (Lipinski definition) is 2. The summed E-state index contributed by atoms with van der Waals surface area (Å²) in [7, 11) is 0. The Morgan fingerprint density at radius 1 is 1.36 bits per heavy atom. The van der Waals surface area contributed by atoms with Crippen LogP contribution in [0.3, 0.4) is 0 Å². The van der Waals surface area contributed by atoms with Gasteiger partial charge in [-0.3, -0.25) is 4.79 Å². The van der Waals surface area contributed by atoms with E-state index < -0.39 is 0 Å². The second kappa shape index (κ2) is 6.58. The zero-order chi connectivity index (χ0) is 15.5. The fourth-order valence-electron chi connectivity index (χ4n) is 2.82. The molecule has 1 heterocycles. The molecule has 5 heteroatoms. The first-order valence-electron chi connectivity index (χ1n) is 7.75. The number of nitrogens with one attached hydrogen (secondary N) is 1. The van der Waals surface area contributed by atoms with Crippen LogP contribution in [-0.2, 0) is 17.6 Å². The summed E-state index contributed by atoms with van der Waals surface area (Å²) in [5, 5.41) is 5.44. The summed E-state index contributed by atoms with van der Waals surface area (Å²) in [6.07, 6.45) is 5.22. The molecule has 3 rings (SSSR count). The molecule has 0 saturated heterocycles. The SMILES string of the molecule is CC(N)CC(=O)Nc1nc(-c2ccc3c(c2)CCCC3)cs1. The molecule has 0 radical (unpaired) electrons. The highest BCUT2D eigenvalue weighted by molar-refractivity contribution is 7.14. The molecule has 116 valence electrons. The Hall–Kier alpha value is -1.72. The Labute approximate surface area is 134 Å². The van der Waals surface area contributed by atoms with Crippen LogP contribution in [0.2, 0.25) is 0 Å². The second-order valence-corrected chi connectivity index (χ2v) is 6.82. The van der Waals surface area contributed by atoms with Crippen LogP contribution in [-0.4, -0.2) is 16.9 Å². The highest BCUT2D eigenvalue weighted by Crippen LogP contribution is 2.29. The van der Waals surface area contributed by atoms with E-state index >= 15 is 0 Å². The van der Waals surface area contributed by atoms with E-state index in [1.165, 1.54) is 41.7 Å². The van der Waals surface area contributed by atoms with Crippen molar-refractivity contribution in [1.29, 1.82) is 0 Å². The fourth-order valence-corrected chi connectivity index (χ4v) is 3.56. The molecule has 4 nitrogen and oxygen atoms in total. The van der Waals surface area contributed by atoms with Crippen LogP contribution in [0.4, 0.5) is 5.13 Å². The van der Waals surface area contributed by atoms with Gasteiger partial charge in [-0.1, -0.05) is 12.1 Å². The molecule has 2 aromatic rings. The lowest BCUT2D eigenvalue weighted by molar-refractivity contribution is -0.116. The number of hydrogen-bond acceptors (Lipinski definition) is 4. The van der Waals surface area contributed by atoms with Gasteiger partial charge in [-0.2, -0.15) is 0 Å². The lowest BCUT2D eigenvalue weighted by atomic mass is 9.90. The molecule has 1 aromatic heterocycles. The fraction of sp³-hybridized carbons (Fsp3) is 0.412. The molecular weight excluding hydrogens is 294 g/mol. The molecule has 0 fully saturated rings. The first kappa shape index (κ1) is 15.2. The lowest BCUT2D eigenvalue weighted by Gasteiger charge is -2.16. The molecule has 0 aliphatic heterocycles. The van der Waals surface area contributed by atoms with Crippen molar-refractivity contribution in [2.45, 2.75) is 45.1 Å². The molecule has 1 aromatic carbocycles. The van der Waals surface area contributed by atoms with E-state index in [9.17, 15) is 4.79 Å². The number of amides is 1. The Bertz CT molecular complexity index is 678. The third-order valence-corrected chi connectivity index (χ3v) is 4.66. The number of fused-ring (bicyclic) bond motifs is 1. The zero-order valence-electron chi connectivity index (χ0n) is 12.8. The van der Waals surface area contributed by atoms with E-state index in [0.29, 0.717) is 11.6 Å². The van der Waals surface area contributed by atoms with Gasteiger partial charge in [-0.05, 0) is 49.8 Å². The molecule has 0 saturated carbocycles. The lowest BCUT2D eigenvalue weighted by Crippen LogP contribution is -2.23. The zero-order valence-corrected chi connectivity index (χ0v) is 13.6. The highest BCUT2D eigenvalue weighted by atomic mass is 32.1. The summed E-state index contributed by atoms with van der Waals surface area (Å²) >= 11 is 1.45. The molecule has 1 amide bonds. The van der Waals surface area contributed by atoms with Gasteiger partial charge in [0.05, 0.1) is 5.69 Å². The van der Waals surface area contributed by atoms with Gasteiger partial charge in [0.25, 0.3) is 0 Å². The van der Waals surface area contributed by atoms with Gasteiger partial charge in [-0.15, -0.1) is 11.3 Å². The second-order valence-electron chi connectivity index (χ2n) is 5.96.